The van der Waals surface area contributed by atoms with E-state index in [1.807, 2.05) is 12.2 Å². The predicted molar refractivity (Wildman–Crippen MR) is 48.4 cm³/mol. The van der Waals surface area contributed by atoms with Crippen molar-refractivity contribution in [3.05, 3.63) is 37.0 Å². The molecule has 0 atom stereocenters. The molecule has 0 fully saturated rings. The highest BCUT2D eigenvalue weighted by Gasteiger charge is 1.89. The van der Waals surface area contributed by atoms with Crippen molar-refractivity contribution in [1.82, 2.24) is 0 Å². The number of allylic oxidation sites excluding steroid dienone is 4. The van der Waals surface area contributed by atoms with Gasteiger partial charge in [0.2, 0.25) is 0 Å². The molecular weight excluding hydrogens is 136 g/mol. The Kier molecular flexibility index (Phi) is 6.30. The molecule has 0 amide bonds. The zero-order valence-corrected chi connectivity index (χ0v) is 6.75. The lowest BCUT2D eigenvalue weighted by molar-refractivity contribution is -0.105. The van der Waals surface area contributed by atoms with E-state index in [4.69, 9.17) is 0 Å². The molecule has 1 heteroatoms. The van der Waals surface area contributed by atoms with Gasteiger partial charge in [-0.25, -0.2) is 0 Å². The van der Waals surface area contributed by atoms with Gasteiger partial charge in [-0.2, -0.15) is 0 Å². The van der Waals surface area contributed by atoms with Crippen LogP contribution in [0.4, 0.5) is 0 Å². The van der Waals surface area contributed by atoms with Crippen LogP contribution < -0.4 is 0 Å². The zero-order chi connectivity index (χ0) is 8.53. The summed E-state index contributed by atoms with van der Waals surface area (Å²) in [6, 6.07) is 0. The first-order valence-corrected chi connectivity index (χ1v) is 3.71. The van der Waals surface area contributed by atoms with E-state index in [2.05, 4.69) is 13.2 Å². The van der Waals surface area contributed by atoms with Crippen LogP contribution in [0.1, 0.15) is 19.3 Å². The molecule has 0 aromatic heterocycles. The number of rotatable bonds is 6. The van der Waals surface area contributed by atoms with Crippen molar-refractivity contribution in [3.8, 4) is 0 Å². The first-order valence-electron chi connectivity index (χ1n) is 3.71. The van der Waals surface area contributed by atoms with Crippen molar-refractivity contribution in [2.24, 2.45) is 0 Å². The molecule has 0 aliphatic heterocycles. The summed E-state index contributed by atoms with van der Waals surface area (Å²) < 4.78 is 0. The SMILES string of the molecule is C=CCCC=C(C=O)CC=C. The third-order valence-electron chi connectivity index (χ3n) is 1.31. The second kappa shape index (κ2) is 7.00. The van der Waals surface area contributed by atoms with Crippen molar-refractivity contribution >= 4 is 6.29 Å². The average molecular weight is 150 g/mol. The molecule has 0 aromatic rings. The van der Waals surface area contributed by atoms with Gasteiger partial charge in [-0.3, -0.25) is 4.79 Å². The van der Waals surface area contributed by atoms with Crippen LogP contribution in [0.5, 0.6) is 0 Å². The number of hydrogen-bond donors (Lipinski definition) is 0. The van der Waals surface area contributed by atoms with Gasteiger partial charge in [-0.15, -0.1) is 13.2 Å². The van der Waals surface area contributed by atoms with E-state index in [0.29, 0.717) is 6.42 Å². The van der Waals surface area contributed by atoms with E-state index in [0.717, 1.165) is 24.7 Å². The van der Waals surface area contributed by atoms with Crippen LogP contribution in [-0.4, -0.2) is 6.29 Å². The fraction of sp³-hybridized carbons (Fsp3) is 0.300. The fourth-order valence-electron chi connectivity index (χ4n) is 0.733. The van der Waals surface area contributed by atoms with Crippen LogP contribution in [0.25, 0.3) is 0 Å². The van der Waals surface area contributed by atoms with Gasteiger partial charge in [0.15, 0.2) is 0 Å². The molecule has 0 saturated carbocycles. The molecule has 1 nitrogen and oxygen atoms in total. The molecule has 0 saturated heterocycles. The third-order valence-corrected chi connectivity index (χ3v) is 1.31. The van der Waals surface area contributed by atoms with E-state index in [-0.39, 0.29) is 0 Å². The van der Waals surface area contributed by atoms with E-state index >= 15 is 0 Å². The molecule has 11 heavy (non-hydrogen) atoms. The molecule has 0 aromatic carbocycles. The number of hydrogen-bond acceptors (Lipinski definition) is 1. The summed E-state index contributed by atoms with van der Waals surface area (Å²) in [5.74, 6) is 0. The maximum atomic E-state index is 10.3. The standard InChI is InChI=1S/C10H14O/c1-3-5-6-8-10(9-11)7-4-2/h3-4,8-9H,1-2,5-7H2. The van der Waals surface area contributed by atoms with Crippen molar-refractivity contribution in [2.45, 2.75) is 19.3 Å². The second-order valence-electron chi connectivity index (χ2n) is 2.26. The van der Waals surface area contributed by atoms with Crippen LogP contribution in [0, 0.1) is 0 Å². The van der Waals surface area contributed by atoms with Crippen LogP contribution >= 0.6 is 0 Å². The zero-order valence-electron chi connectivity index (χ0n) is 6.75. The molecular formula is C10H14O. The minimum Gasteiger partial charge on any atom is -0.298 e. The van der Waals surface area contributed by atoms with Crippen LogP contribution in [0.3, 0.4) is 0 Å². The Labute approximate surface area is 68.1 Å². The Morgan fingerprint density at radius 3 is 2.36 bits per heavy atom. The summed E-state index contributed by atoms with van der Waals surface area (Å²) >= 11 is 0. The van der Waals surface area contributed by atoms with Crippen LogP contribution in [-0.2, 0) is 4.79 Å². The minimum atomic E-state index is 0.667. The Morgan fingerprint density at radius 1 is 1.18 bits per heavy atom. The van der Waals surface area contributed by atoms with Crippen LogP contribution in [0.2, 0.25) is 0 Å². The normalized spacial score (nSPS) is 10.7. The Hall–Kier alpha value is -1.11. The monoisotopic (exact) mass is 150 g/mol. The van der Waals surface area contributed by atoms with E-state index in [9.17, 15) is 4.79 Å². The smallest absolute Gasteiger partial charge is 0.146 e. The highest BCUT2D eigenvalue weighted by atomic mass is 16.1. The summed E-state index contributed by atoms with van der Waals surface area (Å²) in [4.78, 5) is 10.3. The first-order chi connectivity index (χ1) is 5.35. The summed E-state index contributed by atoms with van der Waals surface area (Å²) in [6.07, 6.45) is 8.86. The molecule has 0 bridgehead atoms. The lowest BCUT2D eigenvalue weighted by Gasteiger charge is -1.92. The molecule has 0 rings (SSSR count). The lowest BCUT2D eigenvalue weighted by Crippen LogP contribution is -1.81. The lowest BCUT2D eigenvalue weighted by atomic mass is 10.1. The van der Waals surface area contributed by atoms with Gasteiger partial charge in [-0.1, -0.05) is 18.2 Å². The Bertz CT molecular complexity index is 166. The maximum Gasteiger partial charge on any atom is 0.146 e. The molecule has 0 unspecified atom stereocenters. The summed E-state index contributed by atoms with van der Waals surface area (Å²) in [5, 5.41) is 0. The first kappa shape index (κ1) is 9.89. The molecule has 0 N–H and O–H groups in total. The van der Waals surface area contributed by atoms with Gasteiger partial charge in [0, 0.05) is 0 Å². The molecule has 0 aliphatic rings. The average Bonchev–Trinajstić information content (AvgIpc) is 2.03. The largest absolute Gasteiger partial charge is 0.298 e. The fourth-order valence-corrected chi connectivity index (χ4v) is 0.733. The Balaban J connectivity index is 3.78. The number of carbonyl (C=O) groups is 1. The highest BCUT2D eigenvalue weighted by Crippen LogP contribution is 2.01. The van der Waals surface area contributed by atoms with Gasteiger partial charge >= 0.3 is 0 Å². The van der Waals surface area contributed by atoms with E-state index < -0.39 is 0 Å². The van der Waals surface area contributed by atoms with Crippen molar-refractivity contribution in [2.75, 3.05) is 0 Å². The van der Waals surface area contributed by atoms with E-state index in [1.165, 1.54) is 0 Å². The van der Waals surface area contributed by atoms with Crippen molar-refractivity contribution in [3.63, 3.8) is 0 Å². The predicted octanol–water partition coefficient (Wildman–Crippen LogP) is 2.65. The quantitative estimate of drug-likeness (QED) is 0.246. The highest BCUT2D eigenvalue weighted by molar-refractivity contribution is 5.73. The summed E-state index contributed by atoms with van der Waals surface area (Å²) in [7, 11) is 0. The third kappa shape index (κ3) is 5.34. The van der Waals surface area contributed by atoms with E-state index in [1.54, 1.807) is 6.08 Å². The number of carbonyl (C=O) groups excluding carboxylic acids is 1. The van der Waals surface area contributed by atoms with Gasteiger partial charge in [0.25, 0.3) is 0 Å². The van der Waals surface area contributed by atoms with Gasteiger partial charge in [0.05, 0.1) is 0 Å². The molecule has 0 heterocycles. The molecule has 60 valence electrons. The number of aldehydes is 1. The molecule has 0 radical (unpaired) electrons. The molecule has 0 spiro atoms. The topological polar surface area (TPSA) is 17.1 Å². The summed E-state index contributed by atoms with van der Waals surface area (Å²) in [5.41, 5.74) is 0.807. The minimum absolute atomic E-state index is 0.667. The summed E-state index contributed by atoms with van der Waals surface area (Å²) in [6.45, 7) is 7.15. The van der Waals surface area contributed by atoms with Crippen molar-refractivity contribution in [1.29, 1.82) is 0 Å². The van der Waals surface area contributed by atoms with Gasteiger partial charge in [-0.05, 0) is 24.8 Å². The number of unbranched alkanes of at least 4 members (excludes halogenated alkanes) is 1. The van der Waals surface area contributed by atoms with Crippen molar-refractivity contribution < 1.29 is 4.79 Å². The van der Waals surface area contributed by atoms with Gasteiger partial charge < -0.3 is 0 Å². The van der Waals surface area contributed by atoms with Gasteiger partial charge in [0.1, 0.15) is 6.29 Å². The second-order valence-corrected chi connectivity index (χ2v) is 2.26. The maximum absolute atomic E-state index is 10.3. The Morgan fingerprint density at radius 2 is 1.91 bits per heavy atom. The van der Waals surface area contributed by atoms with Crippen LogP contribution in [0.15, 0.2) is 37.0 Å². The molecule has 0 aliphatic carbocycles.